The lowest BCUT2D eigenvalue weighted by Gasteiger charge is -2.36. The average molecular weight is 452 g/mol. The maximum atomic E-state index is 13.0. The summed E-state index contributed by atoms with van der Waals surface area (Å²) in [6.45, 7) is 1.38. The van der Waals surface area contributed by atoms with Crippen molar-refractivity contribution in [1.29, 1.82) is 0 Å². The smallest absolute Gasteiger partial charge is 0.352 e. The van der Waals surface area contributed by atoms with E-state index >= 15 is 0 Å². The molecule has 0 aliphatic carbocycles. The first-order valence-corrected chi connectivity index (χ1v) is 8.94. The van der Waals surface area contributed by atoms with Gasteiger partial charge in [-0.3, -0.25) is 0 Å². The molecule has 0 radical (unpaired) electrons. The van der Waals surface area contributed by atoms with Gasteiger partial charge in [-0.1, -0.05) is 11.6 Å². The highest BCUT2D eigenvalue weighted by molar-refractivity contribution is 6.33. The zero-order valence-electron chi connectivity index (χ0n) is 14.9. The van der Waals surface area contributed by atoms with E-state index in [4.69, 9.17) is 11.6 Å². The van der Waals surface area contributed by atoms with Gasteiger partial charge in [-0.2, -0.15) is 30.9 Å². The highest BCUT2D eigenvalue weighted by Crippen LogP contribution is 2.34. The second kappa shape index (κ2) is 7.15. The highest BCUT2D eigenvalue weighted by Gasteiger charge is 2.38. The van der Waals surface area contributed by atoms with E-state index in [0.717, 1.165) is 6.07 Å². The third-order valence-electron chi connectivity index (χ3n) is 4.55. The van der Waals surface area contributed by atoms with Gasteiger partial charge in [0, 0.05) is 32.4 Å². The summed E-state index contributed by atoms with van der Waals surface area (Å²) in [4.78, 5) is 7.28. The number of aromatic nitrogens is 5. The van der Waals surface area contributed by atoms with Crippen molar-refractivity contribution in [3.8, 4) is 0 Å². The molecule has 4 rings (SSSR count). The number of alkyl halides is 6. The van der Waals surface area contributed by atoms with E-state index in [0.29, 0.717) is 42.7 Å². The van der Waals surface area contributed by atoms with Crippen LogP contribution in [0.25, 0.3) is 5.65 Å². The molecule has 1 aliphatic heterocycles. The summed E-state index contributed by atoms with van der Waals surface area (Å²) in [5.41, 5.74) is -0.979. The van der Waals surface area contributed by atoms with Gasteiger partial charge in [-0.05, 0) is 18.2 Å². The van der Waals surface area contributed by atoms with Crippen LogP contribution in [0.2, 0.25) is 5.02 Å². The van der Waals surface area contributed by atoms with Crippen molar-refractivity contribution >= 4 is 28.9 Å². The lowest BCUT2D eigenvalue weighted by Crippen LogP contribution is -2.47. The Kier molecular flexibility index (Phi) is 4.87. The van der Waals surface area contributed by atoms with Crippen LogP contribution in [0.3, 0.4) is 0 Å². The van der Waals surface area contributed by atoms with Gasteiger partial charge in [0.25, 0.3) is 5.82 Å². The lowest BCUT2D eigenvalue weighted by atomic mass is 10.2. The molecule has 0 spiro atoms. The SMILES string of the molecule is FC(F)(F)c1cnc(N2CCN(c3ccc4nnc(C(F)(F)F)n4n3)CC2)c(Cl)c1. The number of piperazine rings is 1. The molecule has 3 aromatic rings. The van der Waals surface area contributed by atoms with Crippen LogP contribution >= 0.6 is 11.6 Å². The van der Waals surface area contributed by atoms with Crippen molar-refractivity contribution in [1.82, 2.24) is 24.8 Å². The Bertz CT molecular complexity index is 1070. The predicted octanol–water partition coefficient (Wildman–Crippen LogP) is 3.54. The molecule has 160 valence electrons. The van der Waals surface area contributed by atoms with Crippen LogP contribution in [-0.4, -0.2) is 51.0 Å². The first-order chi connectivity index (χ1) is 14.0. The Balaban J connectivity index is 1.51. The average Bonchev–Trinajstić information content (AvgIpc) is 3.11. The Hall–Kier alpha value is -2.83. The fraction of sp³-hybridized carbons (Fsp3) is 0.375. The minimum atomic E-state index is -4.70. The number of rotatable bonds is 2. The normalized spacial score (nSPS) is 15.8. The number of pyridine rings is 1. The molecular formula is C16H12ClF6N7. The first-order valence-electron chi connectivity index (χ1n) is 8.56. The quantitative estimate of drug-likeness (QED) is 0.555. The van der Waals surface area contributed by atoms with E-state index in [2.05, 4.69) is 20.3 Å². The van der Waals surface area contributed by atoms with Gasteiger partial charge in [-0.25, -0.2) is 4.98 Å². The van der Waals surface area contributed by atoms with E-state index in [9.17, 15) is 26.3 Å². The Morgan fingerprint density at radius 3 is 2.13 bits per heavy atom. The molecule has 4 heterocycles. The number of halogens is 7. The Morgan fingerprint density at radius 2 is 1.53 bits per heavy atom. The molecule has 0 atom stereocenters. The van der Waals surface area contributed by atoms with Crippen molar-refractivity contribution in [2.24, 2.45) is 0 Å². The zero-order valence-corrected chi connectivity index (χ0v) is 15.7. The number of hydrogen-bond acceptors (Lipinski definition) is 6. The topological polar surface area (TPSA) is 62.5 Å². The molecule has 0 saturated carbocycles. The van der Waals surface area contributed by atoms with Crippen molar-refractivity contribution in [3.63, 3.8) is 0 Å². The summed E-state index contributed by atoms with van der Waals surface area (Å²) in [6.07, 6.45) is -8.53. The lowest BCUT2D eigenvalue weighted by molar-refractivity contribution is -0.146. The van der Waals surface area contributed by atoms with Crippen molar-refractivity contribution in [3.05, 3.63) is 40.8 Å². The van der Waals surface area contributed by atoms with Crippen LogP contribution in [0.1, 0.15) is 11.4 Å². The number of hydrogen-bond donors (Lipinski definition) is 0. The van der Waals surface area contributed by atoms with Gasteiger partial charge in [0.05, 0.1) is 10.6 Å². The molecule has 7 nitrogen and oxygen atoms in total. The van der Waals surface area contributed by atoms with Crippen LogP contribution in [0.4, 0.5) is 38.0 Å². The van der Waals surface area contributed by atoms with Crippen LogP contribution in [0.15, 0.2) is 24.4 Å². The number of nitrogens with zero attached hydrogens (tertiary/aromatic N) is 7. The summed E-state index contributed by atoms with van der Waals surface area (Å²) in [5.74, 6) is -0.719. The van der Waals surface area contributed by atoms with Crippen LogP contribution in [-0.2, 0) is 12.4 Å². The molecule has 0 unspecified atom stereocenters. The van der Waals surface area contributed by atoms with Crippen molar-refractivity contribution in [2.75, 3.05) is 36.0 Å². The minimum absolute atomic E-state index is 0.0366. The summed E-state index contributed by atoms with van der Waals surface area (Å²) in [7, 11) is 0. The van der Waals surface area contributed by atoms with Crippen LogP contribution < -0.4 is 9.80 Å². The number of fused-ring (bicyclic) bond motifs is 1. The van der Waals surface area contributed by atoms with E-state index in [1.807, 2.05) is 0 Å². The fourth-order valence-electron chi connectivity index (χ4n) is 3.09. The summed E-state index contributed by atoms with van der Waals surface area (Å²) >= 11 is 5.98. The van der Waals surface area contributed by atoms with Gasteiger partial charge in [-0.15, -0.1) is 15.3 Å². The summed E-state index contributed by atoms with van der Waals surface area (Å²) in [6, 6.07) is 3.73. The second-order valence-electron chi connectivity index (χ2n) is 6.48. The molecule has 14 heteroatoms. The maximum absolute atomic E-state index is 13.0. The van der Waals surface area contributed by atoms with Crippen LogP contribution in [0, 0.1) is 0 Å². The van der Waals surface area contributed by atoms with E-state index in [-0.39, 0.29) is 16.5 Å². The zero-order chi connectivity index (χ0) is 21.7. The molecule has 0 amide bonds. The second-order valence-corrected chi connectivity index (χ2v) is 6.89. The molecule has 1 fully saturated rings. The van der Waals surface area contributed by atoms with Crippen molar-refractivity contribution in [2.45, 2.75) is 12.4 Å². The van der Waals surface area contributed by atoms with E-state index < -0.39 is 23.7 Å². The molecule has 30 heavy (non-hydrogen) atoms. The summed E-state index contributed by atoms with van der Waals surface area (Å²) < 4.78 is 78.0. The predicted molar refractivity (Wildman–Crippen MR) is 94.5 cm³/mol. The molecule has 1 saturated heterocycles. The van der Waals surface area contributed by atoms with Crippen LogP contribution in [0.5, 0.6) is 0 Å². The molecule has 0 aromatic carbocycles. The maximum Gasteiger partial charge on any atom is 0.453 e. The molecular weight excluding hydrogens is 440 g/mol. The Morgan fingerprint density at radius 1 is 0.867 bits per heavy atom. The molecule has 1 aliphatic rings. The highest BCUT2D eigenvalue weighted by atomic mass is 35.5. The van der Waals surface area contributed by atoms with E-state index in [1.54, 1.807) is 9.80 Å². The third-order valence-corrected chi connectivity index (χ3v) is 4.83. The monoisotopic (exact) mass is 451 g/mol. The largest absolute Gasteiger partial charge is 0.453 e. The van der Waals surface area contributed by atoms with Gasteiger partial charge in [0.1, 0.15) is 11.6 Å². The van der Waals surface area contributed by atoms with Gasteiger partial charge < -0.3 is 9.80 Å². The van der Waals surface area contributed by atoms with E-state index in [1.165, 1.54) is 12.1 Å². The third kappa shape index (κ3) is 3.80. The summed E-state index contributed by atoms with van der Waals surface area (Å²) in [5, 5.41) is 10.5. The Labute approximate surface area is 169 Å². The van der Waals surface area contributed by atoms with Gasteiger partial charge in [0.2, 0.25) is 0 Å². The van der Waals surface area contributed by atoms with Gasteiger partial charge >= 0.3 is 12.4 Å². The molecule has 0 N–H and O–H groups in total. The van der Waals surface area contributed by atoms with Gasteiger partial charge in [0.15, 0.2) is 5.65 Å². The fourth-order valence-corrected chi connectivity index (χ4v) is 3.38. The van der Waals surface area contributed by atoms with Crippen molar-refractivity contribution < 1.29 is 26.3 Å². The first kappa shape index (κ1) is 20.4. The molecule has 3 aromatic heterocycles. The number of anilines is 2. The standard InChI is InChI=1S/C16H12ClF6N7/c17-10-7-9(15(18,19)20)8-24-13(10)29-5-3-28(4-6-29)12-2-1-11-25-26-14(16(21,22)23)30(11)27-12/h1-2,7-8H,3-6H2. The minimum Gasteiger partial charge on any atom is -0.352 e. The molecule has 0 bridgehead atoms.